The molecule has 0 fully saturated rings. The van der Waals surface area contributed by atoms with Crippen molar-refractivity contribution in [2.45, 2.75) is 18.9 Å². The minimum atomic E-state index is -0.451. The molecule has 0 unspecified atom stereocenters. The van der Waals surface area contributed by atoms with Crippen molar-refractivity contribution in [3.8, 4) is 0 Å². The summed E-state index contributed by atoms with van der Waals surface area (Å²) in [6.45, 7) is 0. The number of hydrogen-bond acceptors (Lipinski definition) is 4. The number of aromatic nitrogens is 1. The summed E-state index contributed by atoms with van der Waals surface area (Å²) in [5, 5.41) is 14.0. The van der Waals surface area contributed by atoms with E-state index in [-0.39, 0.29) is 11.7 Å². The Morgan fingerprint density at radius 1 is 1.30 bits per heavy atom. The highest BCUT2D eigenvalue weighted by Crippen LogP contribution is 2.28. The number of nitrogens with zero attached hydrogens (tertiary/aromatic N) is 2. The van der Waals surface area contributed by atoms with Gasteiger partial charge in [-0.2, -0.15) is 0 Å². The molecule has 1 heterocycles. The van der Waals surface area contributed by atoms with E-state index in [4.69, 9.17) is 0 Å². The molecular formula is C14H12BrN3O2. The molecule has 0 saturated heterocycles. The zero-order valence-electron chi connectivity index (χ0n) is 10.5. The lowest BCUT2D eigenvalue weighted by Gasteiger charge is -2.13. The van der Waals surface area contributed by atoms with Crippen LogP contribution >= 0.6 is 15.9 Å². The molecule has 0 saturated carbocycles. The number of hydrogen-bond donors (Lipinski definition) is 1. The maximum absolute atomic E-state index is 10.7. The van der Waals surface area contributed by atoms with Crippen LogP contribution in [0.2, 0.25) is 0 Å². The van der Waals surface area contributed by atoms with E-state index in [2.05, 4.69) is 38.4 Å². The summed E-state index contributed by atoms with van der Waals surface area (Å²) in [7, 11) is 0. The third-order valence-electron chi connectivity index (χ3n) is 3.43. The molecule has 0 amide bonds. The predicted molar refractivity (Wildman–Crippen MR) is 79.9 cm³/mol. The van der Waals surface area contributed by atoms with Crippen molar-refractivity contribution in [2.75, 3.05) is 5.32 Å². The molecule has 0 aliphatic heterocycles. The van der Waals surface area contributed by atoms with Crippen LogP contribution in [0.1, 0.15) is 11.1 Å². The molecule has 20 heavy (non-hydrogen) atoms. The van der Waals surface area contributed by atoms with Gasteiger partial charge >= 0.3 is 0 Å². The number of pyridine rings is 1. The Labute approximate surface area is 124 Å². The van der Waals surface area contributed by atoms with Crippen LogP contribution in [0.4, 0.5) is 11.5 Å². The van der Waals surface area contributed by atoms with Crippen LogP contribution in [0.15, 0.2) is 41.0 Å². The fraction of sp³-hybridized carbons (Fsp3) is 0.214. The number of nitro groups is 1. The quantitative estimate of drug-likeness (QED) is 0.691. The maximum Gasteiger partial charge on any atom is 0.288 e. The first-order valence-electron chi connectivity index (χ1n) is 6.27. The van der Waals surface area contributed by atoms with Crippen molar-refractivity contribution < 1.29 is 4.92 Å². The topological polar surface area (TPSA) is 68.1 Å². The predicted octanol–water partition coefficient (Wildman–Crippen LogP) is 3.33. The van der Waals surface area contributed by atoms with Gasteiger partial charge in [-0.05, 0) is 39.9 Å². The molecule has 102 valence electrons. The number of nitrogens with one attached hydrogen (secondary N) is 1. The Balaban J connectivity index is 1.75. The minimum absolute atomic E-state index is 0.0165. The molecule has 1 aromatic carbocycles. The van der Waals surface area contributed by atoms with Gasteiger partial charge in [-0.15, -0.1) is 0 Å². The first kappa shape index (κ1) is 13.1. The van der Waals surface area contributed by atoms with Crippen molar-refractivity contribution in [1.29, 1.82) is 0 Å². The molecule has 1 aliphatic rings. The van der Waals surface area contributed by atoms with Crippen molar-refractivity contribution in [3.05, 3.63) is 62.2 Å². The van der Waals surface area contributed by atoms with Gasteiger partial charge in [0.15, 0.2) is 0 Å². The van der Waals surface area contributed by atoms with Gasteiger partial charge in [-0.1, -0.05) is 24.3 Å². The van der Waals surface area contributed by atoms with Crippen molar-refractivity contribution in [3.63, 3.8) is 0 Å². The van der Waals surface area contributed by atoms with E-state index in [1.54, 1.807) is 0 Å². The number of rotatable bonds is 3. The molecule has 1 N–H and O–H groups in total. The van der Waals surface area contributed by atoms with Crippen LogP contribution in [0, 0.1) is 10.1 Å². The van der Waals surface area contributed by atoms with E-state index in [1.165, 1.54) is 23.4 Å². The van der Waals surface area contributed by atoms with E-state index in [0.29, 0.717) is 10.3 Å². The molecule has 0 radical (unpaired) electrons. The van der Waals surface area contributed by atoms with Gasteiger partial charge in [0.25, 0.3) is 5.69 Å². The molecule has 1 aromatic heterocycles. The minimum Gasteiger partial charge on any atom is -0.366 e. The molecule has 0 atom stereocenters. The van der Waals surface area contributed by atoms with Crippen molar-refractivity contribution >= 4 is 27.4 Å². The summed E-state index contributed by atoms with van der Waals surface area (Å²) >= 11 is 3.33. The highest BCUT2D eigenvalue weighted by Gasteiger charge is 2.22. The normalized spacial score (nSPS) is 14.1. The summed E-state index contributed by atoms with van der Waals surface area (Å²) in [6.07, 6.45) is 3.16. The lowest BCUT2D eigenvalue weighted by atomic mass is 10.1. The summed E-state index contributed by atoms with van der Waals surface area (Å²) < 4.78 is 0.614. The summed E-state index contributed by atoms with van der Waals surface area (Å²) in [6, 6.07) is 10.1. The Morgan fingerprint density at radius 2 is 1.95 bits per heavy atom. The fourth-order valence-electron chi connectivity index (χ4n) is 2.49. The van der Waals surface area contributed by atoms with Crippen LogP contribution in [0.5, 0.6) is 0 Å². The zero-order chi connectivity index (χ0) is 14.1. The molecule has 3 rings (SSSR count). The lowest BCUT2D eigenvalue weighted by Crippen LogP contribution is -2.20. The van der Waals surface area contributed by atoms with Crippen LogP contribution < -0.4 is 5.32 Å². The van der Waals surface area contributed by atoms with E-state index in [9.17, 15) is 10.1 Å². The summed E-state index contributed by atoms with van der Waals surface area (Å²) in [5.41, 5.74) is 2.68. The molecule has 0 spiro atoms. The van der Waals surface area contributed by atoms with Gasteiger partial charge in [-0.25, -0.2) is 4.98 Å². The third-order valence-corrected chi connectivity index (χ3v) is 4.03. The number of fused-ring (bicyclic) bond motifs is 1. The van der Waals surface area contributed by atoms with E-state index in [1.807, 2.05) is 12.1 Å². The van der Waals surface area contributed by atoms with Gasteiger partial charge in [0.05, 0.1) is 9.40 Å². The van der Waals surface area contributed by atoms with Crippen LogP contribution in [0.25, 0.3) is 0 Å². The molecule has 1 aliphatic carbocycles. The average molecular weight is 334 g/mol. The van der Waals surface area contributed by atoms with Gasteiger partial charge < -0.3 is 5.32 Å². The number of anilines is 1. The maximum atomic E-state index is 10.7. The van der Waals surface area contributed by atoms with Gasteiger partial charge in [0.1, 0.15) is 12.0 Å². The van der Waals surface area contributed by atoms with Gasteiger partial charge in [0, 0.05) is 12.1 Å². The first-order chi connectivity index (χ1) is 9.63. The van der Waals surface area contributed by atoms with Gasteiger partial charge in [-0.3, -0.25) is 10.1 Å². The van der Waals surface area contributed by atoms with Crippen LogP contribution in [-0.4, -0.2) is 15.9 Å². The SMILES string of the molecule is O=[N+]([O-])c1cnc(NC2Cc3ccccc3C2)c(Br)c1. The second-order valence-corrected chi connectivity index (χ2v) is 5.65. The molecular weight excluding hydrogens is 322 g/mol. The van der Waals surface area contributed by atoms with Crippen LogP contribution in [-0.2, 0) is 12.8 Å². The fourth-order valence-corrected chi connectivity index (χ4v) is 2.94. The Bertz CT molecular complexity index is 650. The smallest absolute Gasteiger partial charge is 0.288 e. The molecule has 2 aromatic rings. The highest BCUT2D eigenvalue weighted by atomic mass is 79.9. The zero-order valence-corrected chi connectivity index (χ0v) is 12.1. The second-order valence-electron chi connectivity index (χ2n) is 4.80. The molecule has 6 heteroatoms. The summed E-state index contributed by atoms with van der Waals surface area (Å²) in [5.74, 6) is 0.647. The van der Waals surface area contributed by atoms with Gasteiger partial charge in [0.2, 0.25) is 0 Å². The number of halogens is 1. The van der Waals surface area contributed by atoms with Crippen molar-refractivity contribution in [2.24, 2.45) is 0 Å². The Hall–Kier alpha value is -1.95. The third kappa shape index (κ3) is 2.51. The molecule has 0 bridgehead atoms. The largest absolute Gasteiger partial charge is 0.366 e. The highest BCUT2D eigenvalue weighted by molar-refractivity contribution is 9.10. The number of benzene rings is 1. The van der Waals surface area contributed by atoms with Crippen LogP contribution in [0.3, 0.4) is 0 Å². The van der Waals surface area contributed by atoms with E-state index < -0.39 is 4.92 Å². The summed E-state index contributed by atoms with van der Waals surface area (Å²) in [4.78, 5) is 14.4. The molecule has 5 nitrogen and oxygen atoms in total. The average Bonchev–Trinajstić information content (AvgIpc) is 2.83. The Kier molecular flexibility index (Phi) is 3.40. The van der Waals surface area contributed by atoms with E-state index in [0.717, 1.165) is 12.8 Å². The lowest BCUT2D eigenvalue weighted by molar-refractivity contribution is -0.385. The first-order valence-corrected chi connectivity index (χ1v) is 7.06. The second kappa shape index (κ2) is 5.20. The van der Waals surface area contributed by atoms with E-state index >= 15 is 0 Å². The monoisotopic (exact) mass is 333 g/mol. The Morgan fingerprint density at radius 3 is 2.50 bits per heavy atom. The van der Waals surface area contributed by atoms with Crippen molar-refractivity contribution in [1.82, 2.24) is 4.98 Å². The standard InChI is InChI=1S/C14H12BrN3O2/c15-13-7-12(18(19)20)8-16-14(13)17-11-5-9-3-1-2-4-10(9)6-11/h1-4,7-8,11H,5-6H2,(H,16,17).